The zero-order valence-electron chi connectivity index (χ0n) is 36.3. The first-order valence-corrected chi connectivity index (χ1v) is 21.6. The van der Waals surface area contributed by atoms with E-state index < -0.39 is 53.8 Å². The topological polar surface area (TPSA) is 201 Å². The van der Waals surface area contributed by atoms with E-state index in [1.54, 1.807) is 45.0 Å². The molecule has 4 amide bonds. The van der Waals surface area contributed by atoms with Gasteiger partial charge in [0.2, 0.25) is 17.7 Å². The van der Waals surface area contributed by atoms with Gasteiger partial charge in [0, 0.05) is 25.6 Å². The highest BCUT2D eigenvalue weighted by Crippen LogP contribution is 2.30. The van der Waals surface area contributed by atoms with Crippen LogP contribution in [-0.4, -0.2) is 86.0 Å². The van der Waals surface area contributed by atoms with Gasteiger partial charge in [-0.25, -0.2) is 19.1 Å². The van der Waals surface area contributed by atoms with Gasteiger partial charge < -0.3 is 36.2 Å². The molecule has 61 heavy (non-hydrogen) atoms. The number of hydrogen-bond acceptors (Lipinski definition) is 8. The maximum absolute atomic E-state index is 14.5. The van der Waals surface area contributed by atoms with E-state index in [4.69, 9.17) is 4.74 Å². The van der Waals surface area contributed by atoms with Crippen molar-refractivity contribution in [3.63, 3.8) is 0 Å². The lowest BCUT2D eigenvalue weighted by atomic mass is 9.80. The fourth-order valence-corrected chi connectivity index (χ4v) is 7.72. The number of nitrogens with zero attached hydrogens (tertiary/aromatic N) is 2. The molecule has 1 heterocycles. The largest absolute Gasteiger partial charge is 0.465 e. The zero-order valence-corrected chi connectivity index (χ0v) is 36.3. The fourth-order valence-electron chi connectivity index (χ4n) is 7.72. The molecule has 1 aliphatic carbocycles. The summed E-state index contributed by atoms with van der Waals surface area (Å²) in [5, 5.41) is 32.7. The molecule has 3 aromatic rings. The number of ether oxygens (including phenoxy) is 1. The molecule has 14 nitrogen and oxygen atoms in total. The van der Waals surface area contributed by atoms with Crippen LogP contribution in [0.4, 0.5) is 9.59 Å². The summed E-state index contributed by atoms with van der Waals surface area (Å²) in [6.45, 7) is 9.82. The Bertz CT molecular complexity index is 1870. The van der Waals surface area contributed by atoms with Gasteiger partial charge in [0.1, 0.15) is 24.0 Å². The maximum atomic E-state index is 14.5. The van der Waals surface area contributed by atoms with Crippen LogP contribution in [-0.2, 0) is 38.4 Å². The van der Waals surface area contributed by atoms with E-state index in [0.29, 0.717) is 31.4 Å². The molecule has 1 fully saturated rings. The van der Waals surface area contributed by atoms with Crippen LogP contribution in [0.15, 0.2) is 85.3 Å². The third kappa shape index (κ3) is 17.2. The highest BCUT2D eigenvalue weighted by atomic mass is 16.6. The molecule has 0 radical (unpaired) electrons. The Labute approximate surface area is 360 Å². The Balaban J connectivity index is 1.55. The number of amides is 4. The molecule has 0 spiro atoms. The minimum Gasteiger partial charge on any atom is -0.465 e. The van der Waals surface area contributed by atoms with Gasteiger partial charge >= 0.3 is 12.2 Å². The predicted octanol–water partition coefficient (Wildman–Crippen LogP) is 6.36. The van der Waals surface area contributed by atoms with Crippen molar-refractivity contribution in [3.05, 3.63) is 102 Å². The second kappa shape index (κ2) is 24.1. The standard InChI is InChI=1S/C47H66N6O8/c1-32(2)36(22-15-23-42(55)49-25-24-33-16-9-6-10-17-33)28-41(54)38(26-34-18-11-7-12-19-34)50-44(57)40(29-37-30-48-31-53(37)46(60)61-47(3,4)5)51-43(56)39(52-45(58)59)27-35-20-13-8-14-21-35/h6,8-10,13-17,20-21,23,30-32,34,36,38-41,52,54H,7,11-12,18-19,22,24-29H2,1-5H3,(H,49,55)(H,50,57)(H,51,56)(H,58,59)/b23-15+/t36-,38-,39-,40-,41-/m0/s1. The van der Waals surface area contributed by atoms with Gasteiger partial charge in [-0.1, -0.05) is 113 Å². The van der Waals surface area contributed by atoms with E-state index in [1.165, 1.54) is 23.2 Å². The maximum Gasteiger partial charge on any atom is 0.420 e. The SMILES string of the molecule is CC(C)[C@@H](C/C=C/C(=O)NCCc1ccccc1)C[C@H](O)[C@H](CC1CCCCC1)NC(=O)[C@H](Cc1cncn1C(=O)OC(C)(C)C)NC(=O)[C@H](Cc1ccccc1)NC(=O)O. The summed E-state index contributed by atoms with van der Waals surface area (Å²) in [6.07, 6.45) is 10.1. The second-order valence-electron chi connectivity index (χ2n) is 17.5. The summed E-state index contributed by atoms with van der Waals surface area (Å²) >= 11 is 0. The van der Waals surface area contributed by atoms with E-state index in [9.17, 15) is 34.2 Å². The fraction of sp³-hybridized carbons (Fsp3) is 0.532. The molecule has 6 N–H and O–H groups in total. The molecular weight excluding hydrogens is 777 g/mol. The van der Waals surface area contributed by atoms with Crippen molar-refractivity contribution < 1.29 is 38.9 Å². The third-order valence-corrected chi connectivity index (χ3v) is 11.1. The van der Waals surface area contributed by atoms with E-state index in [2.05, 4.69) is 40.1 Å². The van der Waals surface area contributed by atoms with Gasteiger partial charge in [-0.05, 0) is 81.4 Å². The van der Waals surface area contributed by atoms with Crippen LogP contribution in [0.25, 0.3) is 0 Å². The molecule has 0 unspecified atom stereocenters. The Morgan fingerprint density at radius 3 is 2.11 bits per heavy atom. The minimum absolute atomic E-state index is 0.0198. The van der Waals surface area contributed by atoms with E-state index in [1.807, 2.05) is 42.5 Å². The van der Waals surface area contributed by atoms with Gasteiger partial charge in [-0.15, -0.1) is 0 Å². The number of aliphatic hydroxyl groups is 1. The molecule has 1 saturated carbocycles. The van der Waals surface area contributed by atoms with Gasteiger partial charge in [0.15, 0.2) is 0 Å². The van der Waals surface area contributed by atoms with Crippen LogP contribution in [0.2, 0.25) is 0 Å². The van der Waals surface area contributed by atoms with Crippen molar-refractivity contribution >= 4 is 29.9 Å². The summed E-state index contributed by atoms with van der Waals surface area (Å²) in [4.78, 5) is 70.3. The van der Waals surface area contributed by atoms with Gasteiger partial charge in [-0.2, -0.15) is 0 Å². The molecular formula is C47H66N6O8. The van der Waals surface area contributed by atoms with Crippen LogP contribution >= 0.6 is 0 Å². The molecule has 5 atom stereocenters. The second-order valence-corrected chi connectivity index (χ2v) is 17.5. The molecule has 14 heteroatoms. The van der Waals surface area contributed by atoms with Crippen LogP contribution in [0.1, 0.15) is 103 Å². The zero-order chi connectivity index (χ0) is 44.4. The minimum atomic E-state index is -1.41. The van der Waals surface area contributed by atoms with Crippen LogP contribution in [0.3, 0.4) is 0 Å². The number of carbonyl (C=O) groups excluding carboxylic acids is 4. The van der Waals surface area contributed by atoms with Gasteiger partial charge in [0.25, 0.3) is 0 Å². The normalized spacial score (nSPS) is 15.9. The smallest absolute Gasteiger partial charge is 0.420 e. The van der Waals surface area contributed by atoms with Crippen LogP contribution in [0.5, 0.6) is 0 Å². The number of allylic oxidation sites excluding steroid dienone is 1. The van der Waals surface area contributed by atoms with Crippen molar-refractivity contribution in [2.45, 2.75) is 135 Å². The Morgan fingerprint density at radius 2 is 1.49 bits per heavy atom. The van der Waals surface area contributed by atoms with Gasteiger partial charge in [-0.3, -0.25) is 14.4 Å². The Hall–Kier alpha value is -5.50. The number of aromatic nitrogens is 2. The first-order valence-electron chi connectivity index (χ1n) is 21.6. The molecule has 0 bridgehead atoms. The summed E-state index contributed by atoms with van der Waals surface area (Å²) < 4.78 is 6.74. The van der Waals surface area contributed by atoms with Crippen LogP contribution < -0.4 is 21.3 Å². The lowest BCUT2D eigenvalue weighted by molar-refractivity contribution is -0.131. The summed E-state index contributed by atoms with van der Waals surface area (Å²) in [5.74, 6) is -1.14. The number of aliphatic hydroxyl groups excluding tert-OH is 1. The molecule has 0 aliphatic heterocycles. The molecule has 1 aliphatic rings. The van der Waals surface area contributed by atoms with E-state index in [0.717, 1.165) is 44.1 Å². The van der Waals surface area contributed by atoms with Crippen molar-refractivity contribution in [2.75, 3.05) is 6.54 Å². The van der Waals surface area contributed by atoms with Crippen molar-refractivity contribution in [1.82, 2.24) is 30.8 Å². The van der Waals surface area contributed by atoms with Crippen molar-refractivity contribution in [1.29, 1.82) is 0 Å². The lowest BCUT2D eigenvalue weighted by Gasteiger charge is -2.33. The van der Waals surface area contributed by atoms with Crippen LogP contribution in [0, 0.1) is 17.8 Å². The third-order valence-electron chi connectivity index (χ3n) is 11.1. The number of hydrogen-bond donors (Lipinski definition) is 6. The molecule has 1 aromatic heterocycles. The number of nitrogens with one attached hydrogen (secondary N) is 4. The molecule has 0 saturated heterocycles. The number of carbonyl (C=O) groups is 5. The first kappa shape index (κ1) is 48.2. The Morgan fingerprint density at radius 1 is 0.869 bits per heavy atom. The van der Waals surface area contributed by atoms with Crippen molar-refractivity contribution in [2.24, 2.45) is 17.8 Å². The summed E-state index contributed by atoms with van der Waals surface area (Å²) in [7, 11) is 0. The molecule has 4 rings (SSSR count). The number of benzene rings is 2. The highest BCUT2D eigenvalue weighted by Gasteiger charge is 2.34. The molecule has 332 valence electrons. The van der Waals surface area contributed by atoms with E-state index >= 15 is 0 Å². The van der Waals surface area contributed by atoms with E-state index in [-0.39, 0.29) is 42.2 Å². The lowest BCUT2D eigenvalue weighted by Crippen LogP contribution is -2.57. The van der Waals surface area contributed by atoms with Gasteiger partial charge in [0.05, 0.1) is 17.8 Å². The van der Waals surface area contributed by atoms with Crippen molar-refractivity contribution in [3.8, 4) is 0 Å². The molecule has 2 aromatic carbocycles. The predicted molar refractivity (Wildman–Crippen MR) is 234 cm³/mol. The first-order chi connectivity index (χ1) is 29.1. The summed E-state index contributed by atoms with van der Waals surface area (Å²) in [5.41, 5.74) is 1.30. The quantitative estimate of drug-likeness (QED) is 0.0661. The number of imidazole rings is 1. The number of carboxylic acid groups (broad SMARTS) is 1. The summed E-state index contributed by atoms with van der Waals surface area (Å²) in [6, 6.07) is 15.6. The average molecular weight is 843 g/mol. The Kier molecular flexibility index (Phi) is 19.0. The monoisotopic (exact) mass is 842 g/mol. The number of rotatable bonds is 21. The highest BCUT2D eigenvalue weighted by molar-refractivity contribution is 5.91. The average Bonchev–Trinajstić information content (AvgIpc) is 3.68.